The van der Waals surface area contributed by atoms with Crippen LogP contribution in [0, 0.1) is 29.6 Å². The largest absolute Gasteiger partial charge is 0.458 e. The summed E-state index contributed by atoms with van der Waals surface area (Å²) in [4.78, 5) is 15.5. The summed E-state index contributed by atoms with van der Waals surface area (Å²) in [5.74, 6) is 5.92. The SMILES string of the molecule is CC(C)C#C[C@](O)(C(=O)O[C@@H]1C2CCN(CC2)[C@H]1C)C1CCCCC1. The van der Waals surface area contributed by atoms with Crippen LogP contribution >= 0.6 is 0 Å². The van der Waals surface area contributed by atoms with Gasteiger partial charge in [-0.25, -0.2) is 4.79 Å². The van der Waals surface area contributed by atoms with Gasteiger partial charge in [-0.3, -0.25) is 4.90 Å². The van der Waals surface area contributed by atoms with Crippen LogP contribution in [0.25, 0.3) is 0 Å². The van der Waals surface area contributed by atoms with E-state index in [9.17, 15) is 9.90 Å². The van der Waals surface area contributed by atoms with Crippen LogP contribution in [0.15, 0.2) is 0 Å². The summed E-state index contributed by atoms with van der Waals surface area (Å²) in [5.41, 5.74) is -1.64. The molecule has 1 N–H and O–H groups in total. The second kappa shape index (κ2) is 7.68. The number of carbonyl (C=O) groups excluding carboxylic acids is 1. The molecule has 4 heteroatoms. The van der Waals surface area contributed by atoms with E-state index in [1.54, 1.807) is 0 Å². The van der Waals surface area contributed by atoms with Crippen molar-refractivity contribution in [3.8, 4) is 11.8 Å². The van der Waals surface area contributed by atoms with Gasteiger partial charge in [-0.1, -0.05) is 45.0 Å². The Labute approximate surface area is 152 Å². The number of esters is 1. The van der Waals surface area contributed by atoms with Crippen LogP contribution in [0.2, 0.25) is 0 Å². The van der Waals surface area contributed by atoms with Gasteiger partial charge in [0, 0.05) is 17.9 Å². The molecule has 140 valence electrons. The first-order valence-corrected chi connectivity index (χ1v) is 10.1. The zero-order valence-electron chi connectivity index (χ0n) is 16.0. The van der Waals surface area contributed by atoms with Crippen LogP contribution in [0.1, 0.15) is 65.7 Å². The van der Waals surface area contributed by atoms with Crippen LogP contribution in [0.4, 0.5) is 0 Å². The third-order valence-electron chi connectivity index (χ3n) is 6.39. The van der Waals surface area contributed by atoms with Gasteiger partial charge in [0.2, 0.25) is 5.60 Å². The molecule has 4 aliphatic rings. The maximum Gasteiger partial charge on any atom is 0.351 e. The molecule has 4 rings (SSSR count). The first-order valence-electron chi connectivity index (χ1n) is 10.1. The highest BCUT2D eigenvalue weighted by Gasteiger charge is 2.49. The number of carbonyl (C=O) groups is 1. The quantitative estimate of drug-likeness (QED) is 0.630. The van der Waals surface area contributed by atoms with Crippen LogP contribution < -0.4 is 0 Å². The van der Waals surface area contributed by atoms with E-state index in [0.717, 1.165) is 51.6 Å². The summed E-state index contributed by atoms with van der Waals surface area (Å²) in [7, 11) is 0. The van der Waals surface area contributed by atoms with E-state index >= 15 is 0 Å². The van der Waals surface area contributed by atoms with Gasteiger partial charge in [-0.2, -0.15) is 0 Å². The number of rotatable bonds is 3. The van der Waals surface area contributed by atoms with E-state index in [1.165, 1.54) is 6.42 Å². The summed E-state index contributed by atoms with van der Waals surface area (Å²) in [6.45, 7) is 8.30. The first kappa shape index (κ1) is 18.7. The second-order valence-electron chi connectivity index (χ2n) is 8.51. The average molecular weight is 347 g/mol. The van der Waals surface area contributed by atoms with Crippen LogP contribution in [0.5, 0.6) is 0 Å². The van der Waals surface area contributed by atoms with Crippen molar-refractivity contribution in [2.75, 3.05) is 13.1 Å². The molecule has 4 fully saturated rings. The Morgan fingerprint density at radius 1 is 1.16 bits per heavy atom. The average Bonchev–Trinajstić information content (AvgIpc) is 2.63. The van der Waals surface area contributed by atoms with Crippen LogP contribution in [-0.4, -0.2) is 46.8 Å². The molecule has 2 bridgehead atoms. The molecule has 0 amide bonds. The number of piperidine rings is 3. The van der Waals surface area contributed by atoms with Gasteiger partial charge in [0.25, 0.3) is 0 Å². The zero-order valence-corrected chi connectivity index (χ0v) is 16.0. The van der Waals surface area contributed by atoms with Gasteiger partial charge in [-0.15, -0.1) is 0 Å². The van der Waals surface area contributed by atoms with E-state index in [2.05, 4.69) is 23.7 Å². The lowest BCUT2D eigenvalue weighted by molar-refractivity contribution is -0.185. The minimum Gasteiger partial charge on any atom is -0.458 e. The zero-order chi connectivity index (χ0) is 18.0. The van der Waals surface area contributed by atoms with Gasteiger partial charge in [0.1, 0.15) is 6.10 Å². The Balaban J connectivity index is 1.78. The Kier molecular flexibility index (Phi) is 5.75. The predicted octanol–water partition coefficient (Wildman–Crippen LogP) is 2.98. The molecule has 0 radical (unpaired) electrons. The fourth-order valence-corrected chi connectivity index (χ4v) is 4.76. The number of hydrogen-bond acceptors (Lipinski definition) is 4. The number of fused-ring (bicyclic) bond motifs is 3. The van der Waals surface area contributed by atoms with Crippen LogP contribution in [-0.2, 0) is 9.53 Å². The Morgan fingerprint density at radius 2 is 1.80 bits per heavy atom. The van der Waals surface area contributed by atoms with Crippen molar-refractivity contribution in [2.45, 2.75) is 83.5 Å². The summed E-state index contributed by atoms with van der Waals surface area (Å²) in [5, 5.41) is 11.3. The van der Waals surface area contributed by atoms with E-state index in [1.807, 2.05) is 13.8 Å². The molecule has 0 aromatic heterocycles. The van der Waals surface area contributed by atoms with E-state index in [0.29, 0.717) is 5.92 Å². The fourth-order valence-electron chi connectivity index (χ4n) is 4.76. The summed E-state index contributed by atoms with van der Waals surface area (Å²) < 4.78 is 5.96. The molecule has 25 heavy (non-hydrogen) atoms. The monoisotopic (exact) mass is 347 g/mol. The number of ether oxygens (including phenoxy) is 1. The van der Waals surface area contributed by atoms with Gasteiger partial charge in [0.15, 0.2) is 0 Å². The summed E-state index contributed by atoms with van der Waals surface area (Å²) in [6.07, 6.45) is 7.06. The van der Waals surface area contributed by atoms with Gasteiger partial charge < -0.3 is 9.84 Å². The Morgan fingerprint density at radius 3 is 2.36 bits per heavy atom. The topological polar surface area (TPSA) is 49.8 Å². The molecular formula is C21H33NO3. The highest BCUT2D eigenvalue weighted by Crippen LogP contribution is 2.37. The predicted molar refractivity (Wildman–Crippen MR) is 97.8 cm³/mol. The Bertz CT molecular complexity index is 533. The van der Waals surface area contributed by atoms with Gasteiger partial charge in [-0.05, 0) is 51.6 Å². The fraction of sp³-hybridized carbons (Fsp3) is 0.857. The van der Waals surface area contributed by atoms with Crippen LogP contribution in [0.3, 0.4) is 0 Å². The molecule has 3 aliphatic heterocycles. The maximum absolute atomic E-state index is 13.1. The molecule has 1 saturated carbocycles. The highest BCUT2D eigenvalue weighted by atomic mass is 16.6. The molecule has 0 aromatic rings. The lowest BCUT2D eigenvalue weighted by Crippen LogP contribution is -2.59. The second-order valence-corrected chi connectivity index (χ2v) is 8.51. The van der Waals surface area contributed by atoms with Crippen molar-refractivity contribution in [3.05, 3.63) is 0 Å². The van der Waals surface area contributed by atoms with E-state index in [4.69, 9.17) is 4.74 Å². The van der Waals surface area contributed by atoms with Gasteiger partial charge in [0.05, 0.1) is 0 Å². The number of nitrogens with zero attached hydrogens (tertiary/aromatic N) is 1. The summed E-state index contributed by atoms with van der Waals surface area (Å²) in [6, 6.07) is 0.241. The lowest BCUT2D eigenvalue weighted by Gasteiger charge is -2.49. The molecule has 3 heterocycles. The molecular weight excluding hydrogens is 314 g/mol. The standard InChI is InChI=1S/C21H33NO3/c1-15(2)9-12-21(24,18-7-5-4-6-8-18)20(23)25-19-16(3)22-13-10-17(19)11-14-22/h15-19,24H,4-8,10-11,13-14H2,1-3H3/t16-,19-,21+/m0/s1. The third kappa shape index (κ3) is 3.88. The van der Waals surface area contributed by atoms with Crippen molar-refractivity contribution in [1.29, 1.82) is 0 Å². The van der Waals surface area contributed by atoms with Crippen molar-refractivity contribution < 1.29 is 14.6 Å². The highest BCUT2D eigenvalue weighted by molar-refractivity contribution is 5.84. The molecule has 1 aliphatic carbocycles. The van der Waals surface area contributed by atoms with E-state index < -0.39 is 11.6 Å². The number of aliphatic hydroxyl groups is 1. The molecule has 3 atom stereocenters. The Hall–Kier alpha value is -1.05. The lowest BCUT2D eigenvalue weighted by atomic mass is 9.76. The van der Waals surface area contributed by atoms with Crippen molar-refractivity contribution >= 4 is 5.97 Å². The van der Waals surface area contributed by atoms with Crippen molar-refractivity contribution in [1.82, 2.24) is 4.90 Å². The molecule has 0 unspecified atom stereocenters. The maximum atomic E-state index is 13.1. The van der Waals surface area contributed by atoms with E-state index in [-0.39, 0.29) is 24.0 Å². The van der Waals surface area contributed by atoms with Crippen molar-refractivity contribution in [2.24, 2.45) is 17.8 Å². The number of hydrogen-bond donors (Lipinski definition) is 1. The minimum absolute atomic E-state index is 0.101. The molecule has 3 saturated heterocycles. The normalized spacial score (nSPS) is 34.9. The first-order chi connectivity index (χ1) is 11.9. The molecule has 0 aromatic carbocycles. The van der Waals surface area contributed by atoms with Gasteiger partial charge >= 0.3 is 5.97 Å². The minimum atomic E-state index is -1.64. The summed E-state index contributed by atoms with van der Waals surface area (Å²) >= 11 is 0. The molecule has 0 spiro atoms. The van der Waals surface area contributed by atoms with Crippen molar-refractivity contribution in [3.63, 3.8) is 0 Å². The third-order valence-corrected chi connectivity index (χ3v) is 6.39. The molecule has 4 nitrogen and oxygen atoms in total. The smallest absolute Gasteiger partial charge is 0.351 e.